The number of benzene rings is 1. The van der Waals surface area contributed by atoms with Gasteiger partial charge >= 0.3 is 12.1 Å². The number of carboxylic acids is 1. The zero-order chi connectivity index (χ0) is 15.8. The van der Waals surface area contributed by atoms with Crippen molar-refractivity contribution in [1.82, 2.24) is 9.88 Å². The minimum absolute atomic E-state index is 0.217. The van der Waals surface area contributed by atoms with Gasteiger partial charge in [0.15, 0.2) is 0 Å². The molecule has 0 aliphatic rings. The molecule has 1 aromatic heterocycles. The monoisotopic (exact) mass is 300 g/mol. The van der Waals surface area contributed by atoms with Gasteiger partial charge in [-0.1, -0.05) is 6.07 Å². The predicted octanol–water partition coefficient (Wildman–Crippen LogP) is 2.88. The van der Waals surface area contributed by atoms with E-state index in [9.17, 15) is 18.0 Å². The Labute approximate surface area is 119 Å². The summed E-state index contributed by atoms with van der Waals surface area (Å²) in [6.45, 7) is 0.564. The average molecular weight is 300 g/mol. The van der Waals surface area contributed by atoms with E-state index >= 15 is 0 Å². The van der Waals surface area contributed by atoms with E-state index in [1.165, 1.54) is 0 Å². The summed E-state index contributed by atoms with van der Waals surface area (Å²) in [5.74, 6) is -1.29. The van der Waals surface area contributed by atoms with Crippen molar-refractivity contribution >= 4 is 16.9 Å². The summed E-state index contributed by atoms with van der Waals surface area (Å²) in [6, 6.07) is 4.89. The molecule has 114 valence electrons. The predicted molar refractivity (Wildman–Crippen MR) is 72.0 cm³/mol. The maximum Gasteiger partial charge on any atom is 0.431 e. The molecule has 0 atom stereocenters. The molecule has 2 N–H and O–H groups in total. The smallest absolute Gasteiger partial charge is 0.431 e. The molecule has 0 bridgehead atoms. The first-order chi connectivity index (χ1) is 9.68. The Kier molecular flexibility index (Phi) is 3.95. The van der Waals surface area contributed by atoms with Gasteiger partial charge in [-0.15, -0.1) is 0 Å². The van der Waals surface area contributed by atoms with Crippen molar-refractivity contribution in [3.63, 3.8) is 0 Å². The zero-order valence-electron chi connectivity index (χ0n) is 11.6. The minimum atomic E-state index is -4.61. The molecule has 0 unspecified atom stereocenters. The molecule has 0 fully saturated rings. The highest BCUT2D eigenvalue weighted by Crippen LogP contribution is 2.36. The van der Waals surface area contributed by atoms with Crippen LogP contribution in [0.4, 0.5) is 13.2 Å². The number of aromatic nitrogens is 1. The molecular formula is C14H15F3N2O2. The fraction of sp³-hybridized carbons (Fsp3) is 0.357. The van der Waals surface area contributed by atoms with Gasteiger partial charge in [0.05, 0.1) is 6.42 Å². The second kappa shape index (κ2) is 5.40. The number of alkyl halides is 3. The molecule has 1 heterocycles. The van der Waals surface area contributed by atoms with Crippen LogP contribution in [0.1, 0.15) is 16.8 Å². The number of halogens is 3. The van der Waals surface area contributed by atoms with Crippen molar-refractivity contribution in [1.29, 1.82) is 0 Å². The molecule has 4 nitrogen and oxygen atoms in total. The number of carbonyl (C=O) groups is 1. The van der Waals surface area contributed by atoms with E-state index < -0.39 is 24.3 Å². The molecule has 1 aromatic carbocycles. The van der Waals surface area contributed by atoms with Crippen LogP contribution in [0.3, 0.4) is 0 Å². The number of carboxylic acid groups (broad SMARTS) is 1. The van der Waals surface area contributed by atoms with Gasteiger partial charge in [0.1, 0.15) is 5.69 Å². The Morgan fingerprint density at radius 1 is 1.33 bits per heavy atom. The van der Waals surface area contributed by atoms with Crippen LogP contribution in [-0.2, 0) is 23.9 Å². The van der Waals surface area contributed by atoms with Crippen molar-refractivity contribution in [2.24, 2.45) is 0 Å². The summed E-state index contributed by atoms with van der Waals surface area (Å²) < 4.78 is 39.0. The van der Waals surface area contributed by atoms with Crippen molar-refractivity contribution in [2.75, 3.05) is 14.1 Å². The van der Waals surface area contributed by atoms with Crippen LogP contribution in [0.25, 0.3) is 10.9 Å². The van der Waals surface area contributed by atoms with Gasteiger partial charge in [0, 0.05) is 23.0 Å². The van der Waals surface area contributed by atoms with Gasteiger partial charge in [0.2, 0.25) is 0 Å². The first-order valence-electron chi connectivity index (χ1n) is 6.25. The van der Waals surface area contributed by atoms with E-state index in [-0.39, 0.29) is 5.56 Å². The van der Waals surface area contributed by atoms with Gasteiger partial charge in [-0.25, -0.2) is 0 Å². The van der Waals surface area contributed by atoms with Crippen LogP contribution in [-0.4, -0.2) is 35.1 Å². The summed E-state index contributed by atoms with van der Waals surface area (Å²) in [6.07, 6.45) is -5.27. The Balaban J connectivity index is 2.62. The molecule has 0 radical (unpaired) electrons. The highest BCUT2D eigenvalue weighted by atomic mass is 19.4. The van der Waals surface area contributed by atoms with E-state index in [1.54, 1.807) is 18.2 Å². The van der Waals surface area contributed by atoms with Crippen LogP contribution in [0.15, 0.2) is 18.2 Å². The number of hydrogen-bond acceptors (Lipinski definition) is 2. The van der Waals surface area contributed by atoms with Gasteiger partial charge in [-0.2, -0.15) is 13.2 Å². The lowest BCUT2D eigenvalue weighted by atomic mass is 10.0. The van der Waals surface area contributed by atoms with Crippen molar-refractivity contribution in [2.45, 2.75) is 19.1 Å². The highest BCUT2D eigenvalue weighted by molar-refractivity contribution is 5.89. The van der Waals surface area contributed by atoms with Gasteiger partial charge < -0.3 is 15.0 Å². The normalized spacial score (nSPS) is 12.3. The molecule has 21 heavy (non-hydrogen) atoms. The van der Waals surface area contributed by atoms with Crippen LogP contribution in [0, 0.1) is 0 Å². The molecule has 0 saturated carbocycles. The number of fused-ring (bicyclic) bond motifs is 1. The third kappa shape index (κ3) is 3.36. The lowest BCUT2D eigenvalue weighted by molar-refractivity contribution is -0.142. The molecule has 0 amide bonds. The largest absolute Gasteiger partial charge is 0.481 e. The van der Waals surface area contributed by atoms with Crippen LogP contribution >= 0.6 is 0 Å². The number of aliphatic carboxylic acids is 1. The van der Waals surface area contributed by atoms with E-state index in [0.717, 1.165) is 5.56 Å². The van der Waals surface area contributed by atoms with E-state index in [4.69, 9.17) is 5.11 Å². The first-order valence-corrected chi connectivity index (χ1v) is 6.25. The molecule has 0 saturated heterocycles. The first kappa shape index (κ1) is 15.4. The standard InChI is InChI=1S/C14H15F3N2O2/c1-19(2)7-8-3-4-11-9(5-8)10(6-12(20)21)13(18-11)14(15,16)17/h3-5,18H,6-7H2,1-2H3,(H,20,21). The number of nitrogens with zero attached hydrogens (tertiary/aromatic N) is 1. The fourth-order valence-corrected chi connectivity index (χ4v) is 2.34. The second-order valence-corrected chi connectivity index (χ2v) is 5.16. The van der Waals surface area contributed by atoms with Crippen molar-refractivity contribution < 1.29 is 23.1 Å². The van der Waals surface area contributed by atoms with Crippen LogP contribution in [0.2, 0.25) is 0 Å². The van der Waals surface area contributed by atoms with Gasteiger partial charge in [-0.3, -0.25) is 4.79 Å². The molecule has 0 aliphatic carbocycles. The highest BCUT2D eigenvalue weighted by Gasteiger charge is 2.36. The minimum Gasteiger partial charge on any atom is -0.481 e. The molecule has 7 heteroatoms. The summed E-state index contributed by atoms with van der Waals surface area (Å²) in [5, 5.41) is 9.17. The Hall–Kier alpha value is -2.02. The third-order valence-electron chi connectivity index (χ3n) is 3.08. The number of nitrogens with one attached hydrogen (secondary N) is 1. The second-order valence-electron chi connectivity index (χ2n) is 5.16. The molecule has 2 rings (SSSR count). The SMILES string of the molecule is CN(C)Cc1ccc2[nH]c(C(F)(F)F)c(CC(=O)O)c2c1. The quantitative estimate of drug-likeness (QED) is 0.913. The maximum atomic E-state index is 13.0. The van der Waals surface area contributed by atoms with Gasteiger partial charge in [-0.05, 0) is 31.8 Å². The molecular weight excluding hydrogens is 285 g/mol. The summed E-state index contributed by atoms with van der Waals surface area (Å²) in [7, 11) is 3.70. The number of rotatable bonds is 4. The zero-order valence-corrected chi connectivity index (χ0v) is 11.6. The van der Waals surface area contributed by atoms with E-state index in [2.05, 4.69) is 4.98 Å². The van der Waals surface area contributed by atoms with Crippen LogP contribution < -0.4 is 0 Å². The van der Waals surface area contributed by atoms with E-state index in [1.807, 2.05) is 19.0 Å². The van der Waals surface area contributed by atoms with Gasteiger partial charge in [0.25, 0.3) is 0 Å². The fourth-order valence-electron chi connectivity index (χ4n) is 2.34. The topological polar surface area (TPSA) is 56.3 Å². The summed E-state index contributed by atoms with van der Waals surface area (Å²) in [4.78, 5) is 15.0. The summed E-state index contributed by atoms with van der Waals surface area (Å²) >= 11 is 0. The lowest BCUT2D eigenvalue weighted by Crippen LogP contribution is -2.12. The maximum absolute atomic E-state index is 13.0. The Morgan fingerprint density at radius 3 is 2.52 bits per heavy atom. The third-order valence-corrected chi connectivity index (χ3v) is 3.08. The number of H-pyrrole nitrogens is 1. The Morgan fingerprint density at radius 2 is 2.00 bits per heavy atom. The molecule has 0 aliphatic heterocycles. The molecule has 0 spiro atoms. The number of hydrogen-bond donors (Lipinski definition) is 2. The van der Waals surface area contributed by atoms with Crippen molar-refractivity contribution in [3.05, 3.63) is 35.0 Å². The molecule has 2 aromatic rings. The number of aromatic amines is 1. The Bertz CT molecular complexity index is 675. The van der Waals surface area contributed by atoms with Crippen LogP contribution in [0.5, 0.6) is 0 Å². The van der Waals surface area contributed by atoms with Crippen molar-refractivity contribution in [3.8, 4) is 0 Å². The average Bonchev–Trinajstić information content (AvgIpc) is 2.66. The van der Waals surface area contributed by atoms with E-state index in [0.29, 0.717) is 17.4 Å². The summed E-state index contributed by atoms with van der Waals surface area (Å²) in [5.41, 5.74) is -0.0829. The lowest BCUT2D eigenvalue weighted by Gasteiger charge is -2.10.